The number of phenolic OH excluding ortho intramolecular Hbond substituents is 1. The van der Waals surface area contributed by atoms with Crippen molar-refractivity contribution in [3.05, 3.63) is 47.8 Å². The molecule has 3 nitrogen and oxygen atoms in total. The topological polar surface area (TPSA) is 38.1 Å². The van der Waals surface area contributed by atoms with E-state index >= 15 is 0 Å². The van der Waals surface area contributed by atoms with E-state index in [-0.39, 0.29) is 11.6 Å². The highest BCUT2D eigenvalue weighted by Crippen LogP contribution is 2.28. The van der Waals surface area contributed by atoms with Crippen LogP contribution in [0.25, 0.3) is 22.4 Å². The van der Waals surface area contributed by atoms with Crippen LogP contribution in [0.2, 0.25) is 0 Å². The summed E-state index contributed by atoms with van der Waals surface area (Å²) in [6, 6.07) is 9.69. The summed E-state index contributed by atoms with van der Waals surface area (Å²) in [7, 11) is 1.86. The van der Waals surface area contributed by atoms with E-state index in [0.29, 0.717) is 0 Å². The molecule has 0 unspecified atom stereocenters. The normalized spacial score (nSPS) is 11.1. The van der Waals surface area contributed by atoms with Crippen LogP contribution in [0.1, 0.15) is 5.56 Å². The van der Waals surface area contributed by atoms with E-state index in [1.54, 1.807) is 18.2 Å². The molecule has 3 aromatic rings. The summed E-state index contributed by atoms with van der Waals surface area (Å²) in [6.07, 6.45) is 0. The quantitative estimate of drug-likeness (QED) is 0.724. The van der Waals surface area contributed by atoms with Gasteiger partial charge in [-0.05, 0) is 48.9 Å². The van der Waals surface area contributed by atoms with Gasteiger partial charge in [-0.3, -0.25) is 0 Å². The van der Waals surface area contributed by atoms with Gasteiger partial charge in [0.2, 0.25) is 0 Å². The van der Waals surface area contributed by atoms with Crippen molar-refractivity contribution in [2.24, 2.45) is 7.05 Å². The van der Waals surface area contributed by atoms with Crippen LogP contribution in [0.4, 0.5) is 4.39 Å². The molecule has 1 aromatic heterocycles. The third-order valence-electron chi connectivity index (χ3n) is 3.29. The summed E-state index contributed by atoms with van der Waals surface area (Å²) < 4.78 is 15.1. The number of rotatable bonds is 1. The van der Waals surface area contributed by atoms with Gasteiger partial charge in [0.05, 0.1) is 11.0 Å². The number of nitrogens with zero attached hydrogens (tertiary/aromatic N) is 2. The molecular weight excluding hydrogens is 243 g/mol. The van der Waals surface area contributed by atoms with E-state index in [2.05, 4.69) is 4.98 Å². The molecule has 3 rings (SSSR count). The maximum atomic E-state index is 13.3. The van der Waals surface area contributed by atoms with Crippen molar-refractivity contribution in [3.63, 3.8) is 0 Å². The number of halogens is 1. The smallest absolute Gasteiger partial charge is 0.141 e. The van der Waals surface area contributed by atoms with Gasteiger partial charge in [0.1, 0.15) is 17.4 Å². The fraction of sp³-hybridized carbons (Fsp3) is 0.133. The molecule has 19 heavy (non-hydrogen) atoms. The maximum Gasteiger partial charge on any atom is 0.141 e. The summed E-state index contributed by atoms with van der Waals surface area (Å²) in [5.74, 6) is 0.716. The molecule has 0 aliphatic heterocycles. The van der Waals surface area contributed by atoms with Gasteiger partial charge >= 0.3 is 0 Å². The molecule has 96 valence electrons. The second-order valence-corrected chi connectivity index (χ2v) is 4.63. The molecule has 0 aliphatic rings. The van der Waals surface area contributed by atoms with Crippen molar-refractivity contribution in [1.82, 2.24) is 9.55 Å². The Morgan fingerprint density at radius 1 is 1.16 bits per heavy atom. The van der Waals surface area contributed by atoms with Crippen LogP contribution in [0.5, 0.6) is 5.75 Å². The minimum atomic E-state index is -0.274. The SMILES string of the molecule is Cc1cc(O)ccc1-c1nc2ccc(F)cc2n1C. The first-order chi connectivity index (χ1) is 9.06. The zero-order valence-corrected chi connectivity index (χ0v) is 10.7. The number of fused-ring (bicyclic) bond motifs is 1. The van der Waals surface area contributed by atoms with Crippen LogP contribution in [0, 0.1) is 12.7 Å². The van der Waals surface area contributed by atoms with Crippen molar-refractivity contribution >= 4 is 11.0 Å². The zero-order valence-electron chi connectivity index (χ0n) is 10.7. The molecule has 0 saturated heterocycles. The van der Waals surface area contributed by atoms with Gasteiger partial charge in [-0.25, -0.2) is 9.37 Å². The van der Waals surface area contributed by atoms with Crippen LogP contribution in [-0.2, 0) is 7.05 Å². The largest absolute Gasteiger partial charge is 0.508 e. The Morgan fingerprint density at radius 3 is 2.68 bits per heavy atom. The number of aromatic hydroxyl groups is 1. The Morgan fingerprint density at radius 2 is 1.95 bits per heavy atom. The highest BCUT2D eigenvalue weighted by molar-refractivity contribution is 5.81. The minimum absolute atomic E-state index is 0.228. The number of phenols is 1. The Labute approximate surface area is 109 Å². The van der Waals surface area contributed by atoms with E-state index in [1.165, 1.54) is 12.1 Å². The number of hydrogen-bond donors (Lipinski definition) is 1. The summed E-state index contributed by atoms with van der Waals surface area (Å²) in [5.41, 5.74) is 3.37. The third-order valence-corrected chi connectivity index (χ3v) is 3.29. The molecule has 0 atom stereocenters. The lowest BCUT2D eigenvalue weighted by atomic mass is 10.1. The maximum absolute atomic E-state index is 13.3. The molecule has 0 amide bonds. The lowest BCUT2D eigenvalue weighted by Crippen LogP contribution is -1.94. The summed E-state index contributed by atoms with van der Waals surface area (Å²) >= 11 is 0. The highest BCUT2D eigenvalue weighted by Gasteiger charge is 2.12. The van der Waals surface area contributed by atoms with E-state index in [4.69, 9.17) is 0 Å². The predicted octanol–water partition coefficient (Wildman–Crippen LogP) is 3.39. The summed E-state index contributed by atoms with van der Waals surface area (Å²) in [5, 5.41) is 9.45. The molecular formula is C15H13FN2O. The molecule has 0 radical (unpaired) electrons. The number of benzene rings is 2. The Kier molecular flexibility index (Phi) is 2.52. The average molecular weight is 256 g/mol. The predicted molar refractivity (Wildman–Crippen MR) is 72.5 cm³/mol. The molecule has 0 spiro atoms. The van der Waals surface area contributed by atoms with Crippen LogP contribution in [-0.4, -0.2) is 14.7 Å². The van der Waals surface area contributed by atoms with Crippen LogP contribution in [0.15, 0.2) is 36.4 Å². The summed E-state index contributed by atoms with van der Waals surface area (Å²) in [6.45, 7) is 1.91. The van der Waals surface area contributed by atoms with E-state index in [9.17, 15) is 9.50 Å². The molecule has 1 N–H and O–H groups in total. The van der Waals surface area contributed by atoms with Gasteiger partial charge in [0.25, 0.3) is 0 Å². The van der Waals surface area contributed by atoms with Crippen molar-refractivity contribution in [3.8, 4) is 17.1 Å². The molecule has 1 heterocycles. The average Bonchev–Trinajstić information content (AvgIpc) is 2.67. The second-order valence-electron chi connectivity index (χ2n) is 4.63. The van der Waals surface area contributed by atoms with Gasteiger partial charge < -0.3 is 9.67 Å². The number of hydrogen-bond acceptors (Lipinski definition) is 2. The van der Waals surface area contributed by atoms with Crippen molar-refractivity contribution in [2.75, 3.05) is 0 Å². The third kappa shape index (κ3) is 1.85. The van der Waals surface area contributed by atoms with Crippen molar-refractivity contribution in [2.45, 2.75) is 6.92 Å². The van der Waals surface area contributed by atoms with E-state index in [0.717, 1.165) is 28.0 Å². The zero-order chi connectivity index (χ0) is 13.6. The number of aryl methyl sites for hydroxylation is 2. The van der Waals surface area contributed by atoms with Crippen molar-refractivity contribution in [1.29, 1.82) is 0 Å². The first-order valence-corrected chi connectivity index (χ1v) is 5.98. The van der Waals surface area contributed by atoms with E-state index < -0.39 is 0 Å². The second kappa shape index (κ2) is 4.09. The number of aromatic nitrogens is 2. The fourth-order valence-corrected chi connectivity index (χ4v) is 2.30. The Hall–Kier alpha value is -2.36. The highest BCUT2D eigenvalue weighted by atomic mass is 19.1. The standard InChI is InChI=1S/C15H13FN2O/c1-9-7-11(19)4-5-12(9)15-17-13-6-3-10(16)8-14(13)18(15)2/h3-8,19H,1-2H3. The Bertz CT molecular complexity index is 777. The van der Waals surface area contributed by atoms with Crippen molar-refractivity contribution < 1.29 is 9.50 Å². The molecule has 0 saturated carbocycles. The molecule has 4 heteroatoms. The van der Waals surface area contributed by atoms with Crippen LogP contribution in [0.3, 0.4) is 0 Å². The van der Waals surface area contributed by atoms with Gasteiger partial charge in [-0.1, -0.05) is 0 Å². The first-order valence-electron chi connectivity index (χ1n) is 5.98. The monoisotopic (exact) mass is 256 g/mol. The minimum Gasteiger partial charge on any atom is -0.508 e. The lowest BCUT2D eigenvalue weighted by molar-refractivity contribution is 0.475. The summed E-state index contributed by atoms with van der Waals surface area (Å²) in [4.78, 5) is 4.53. The fourth-order valence-electron chi connectivity index (χ4n) is 2.30. The van der Waals surface area contributed by atoms with Gasteiger partial charge in [0, 0.05) is 12.6 Å². The molecule has 2 aromatic carbocycles. The van der Waals surface area contributed by atoms with Gasteiger partial charge in [-0.2, -0.15) is 0 Å². The molecule has 0 bridgehead atoms. The molecule has 0 fully saturated rings. The first kappa shape index (κ1) is 11.7. The lowest BCUT2D eigenvalue weighted by Gasteiger charge is -2.06. The van der Waals surface area contributed by atoms with Crippen LogP contribution >= 0.6 is 0 Å². The van der Waals surface area contributed by atoms with Crippen LogP contribution < -0.4 is 0 Å². The van der Waals surface area contributed by atoms with E-state index in [1.807, 2.05) is 24.6 Å². The number of imidazole rings is 1. The Balaban J connectivity index is 2.28. The van der Waals surface area contributed by atoms with Gasteiger partial charge in [-0.15, -0.1) is 0 Å². The molecule has 0 aliphatic carbocycles. The van der Waals surface area contributed by atoms with Gasteiger partial charge in [0.15, 0.2) is 0 Å².